The summed E-state index contributed by atoms with van der Waals surface area (Å²) in [6, 6.07) is 4.62. The van der Waals surface area contributed by atoms with Crippen LogP contribution < -0.4 is 0 Å². The first-order chi connectivity index (χ1) is 9.95. The molecule has 5 nitrogen and oxygen atoms in total. The van der Waals surface area contributed by atoms with Crippen LogP contribution in [0.1, 0.15) is 29.5 Å². The Balaban J connectivity index is 2.60. The van der Waals surface area contributed by atoms with Crippen LogP contribution in [0.25, 0.3) is 5.69 Å². The number of carbonyl (C=O) groups is 1. The molecular weight excluding hydrogens is 372 g/mol. The molecular formula is C12H9BrClF2N3O2. The average Bonchev–Trinajstić information content (AvgIpc) is 2.83. The Bertz CT molecular complexity index is 679. The Morgan fingerprint density at radius 1 is 1.52 bits per heavy atom. The fourth-order valence-electron chi connectivity index (χ4n) is 1.65. The molecule has 1 heterocycles. The van der Waals surface area contributed by atoms with Crippen LogP contribution in [0, 0.1) is 0 Å². The average molecular weight is 381 g/mol. The number of hydrogen-bond acceptors (Lipinski definition) is 4. The molecule has 0 fully saturated rings. The number of carbonyl (C=O) groups excluding carboxylic acids is 1. The highest BCUT2D eigenvalue weighted by atomic mass is 79.9. The number of aromatic nitrogens is 3. The zero-order valence-electron chi connectivity index (χ0n) is 10.7. The van der Waals surface area contributed by atoms with E-state index in [2.05, 4.69) is 26.2 Å². The van der Waals surface area contributed by atoms with E-state index in [4.69, 9.17) is 16.3 Å². The monoisotopic (exact) mass is 379 g/mol. The van der Waals surface area contributed by atoms with E-state index < -0.39 is 23.8 Å². The molecule has 0 unspecified atom stereocenters. The first kappa shape index (κ1) is 15.8. The van der Waals surface area contributed by atoms with Gasteiger partial charge in [0.05, 0.1) is 12.3 Å². The Hall–Kier alpha value is -1.54. The zero-order chi connectivity index (χ0) is 15.6. The number of halogens is 4. The minimum absolute atomic E-state index is 0.0501. The summed E-state index contributed by atoms with van der Waals surface area (Å²) in [7, 11) is 0. The lowest BCUT2D eigenvalue weighted by Crippen LogP contribution is -2.14. The Labute approximate surface area is 132 Å². The smallest absolute Gasteiger partial charge is 0.359 e. The number of esters is 1. The highest BCUT2D eigenvalue weighted by Crippen LogP contribution is 2.28. The van der Waals surface area contributed by atoms with Crippen LogP contribution in [-0.2, 0) is 4.74 Å². The Kier molecular flexibility index (Phi) is 4.89. The second-order valence-corrected chi connectivity index (χ2v) is 5.14. The lowest BCUT2D eigenvalue weighted by molar-refractivity contribution is 0.0504. The molecule has 21 heavy (non-hydrogen) atoms. The molecule has 2 rings (SSSR count). The van der Waals surface area contributed by atoms with Crippen molar-refractivity contribution in [3.8, 4) is 5.69 Å². The van der Waals surface area contributed by atoms with Gasteiger partial charge in [0.15, 0.2) is 11.4 Å². The summed E-state index contributed by atoms with van der Waals surface area (Å²) in [6.45, 7) is 1.63. The van der Waals surface area contributed by atoms with Crippen molar-refractivity contribution in [3.63, 3.8) is 0 Å². The predicted octanol–water partition coefficient (Wildman–Crippen LogP) is 3.80. The van der Waals surface area contributed by atoms with Gasteiger partial charge in [-0.3, -0.25) is 0 Å². The van der Waals surface area contributed by atoms with Crippen LogP contribution in [0.15, 0.2) is 22.7 Å². The number of benzene rings is 1. The third-order valence-corrected chi connectivity index (χ3v) is 3.38. The van der Waals surface area contributed by atoms with Gasteiger partial charge in [-0.25, -0.2) is 18.3 Å². The van der Waals surface area contributed by atoms with Gasteiger partial charge in [-0.1, -0.05) is 16.8 Å². The van der Waals surface area contributed by atoms with Gasteiger partial charge < -0.3 is 4.74 Å². The van der Waals surface area contributed by atoms with E-state index in [1.165, 1.54) is 6.07 Å². The van der Waals surface area contributed by atoms with Gasteiger partial charge in [-0.2, -0.15) is 0 Å². The van der Waals surface area contributed by atoms with Crippen LogP contribution in [0.3, 0.4) is 0 Å². The number of nitrogens with zero attached hydrogens (tertiary/aromatic N) is 3. The van der Waals surface area contributed by atoms with E-state index in [9.17, 15) is 13.6 Å². The third kappa shape index (κ3) is 3.21. The van der Waals surface area contributed by atoms with Crippen LogP contribution in [0.4, 0.5) is 8.78 Å². The van der Waals surface area contributed by atoms with E-state index in [1.54, 1.807) is 19.1 Å². The number of rotatable bonds is 4. The van der Waals surface area contributed by atoms with Crippen molar-refractivity contribution in [1.29, 1.82) is 0 Å². The van der Waals surface area contributed by atoms with Crippen molar-refractivity contribution in [2.75, 3.05) is 6.61 Å². The number of hydrogen-bond donors (Lipinski definition) is 0. The largest absolute Gasteiger partial charge is 0.461 e. The summed E-state index contributed by atoms with van der Waals surface area (Å²) in [6.07, 6.45) is -2.94. The Morgan fingerprint density at radius 2 is 2.24 bits per heavy atom. The summed E-state index contributed by atoms with van der Waals surface area (Å²) < 4.78 is 32.2. The molecule has 1 aromatic heterocycles. The number of ether oxygens (including phenoxy) is 1. The van der Waals surface area contributed by atoms with Crippen molar-refractivity contribution < 1.29 is 18.3 Å². The van der Waals surface area contributed by atoms with E-state index in [-0.39, 0.29) is 6.61 Å². The summed E-state index contributed by atoms with van der Waals surface area (Å²) in [4.78, 5) is 11.9. The van der Waals surface area contributed by atoms with Crippen molar-refractivity contribution >= 4 is 33.5 Å². The summed E-state index contributed by atoms with van der Waals surface area (Å²) in [5.74, 6) is -0.917. The highest BCUT2D eigenvalue weighted by molar-refractivity contribution is 9.10. The Morgan fingerprint density at radius 3 is 2.81 bits per heavy atom. The van der Waals surface area contributed by atoms with E-state index >= 15 is 0 Å². The normalized spacial score (nSPS) is 11.0. The van der Waals surface area contributed by atoms with Crippen molar-refractivity contribution in [3.05, 3.63) is 39.1 Å². The molecule has 0 radical (unpaired) electrons. The number of alkyl halides is 2. The molecule has 0 atom stereocenters. The topological polar surface area (TPSA) is 57.0 Å². The van der Waals surface area contributed by atoms with Crippen LogP contribution >= 0.6 is 27.5 Å². The molecule has 0 saturated carbocycles. The molecule has 0 spiro atoms. The molecule has 1 aromatic carbocycles. The molecule has 9 heteroatoms. The quantitative estimate of drug-likeness (QED) is 0.757. The van der Waals surface area contributed by atoms with E-state index in [0.717, 1.165) is 4.68 Å². The van der Waals surface area contributed by atoms with Gasteiger partial charge in [0.2, 0.25) is 0 Å². The standard InChI is InChI=1S/C12H9BrClF2N3O2/c1-2-21-12(20)10-9(11(15)16)17-18-19(10)8-4-3-6(14)5-7(8)13/h3-5,11H,2H2,1H3. The fraction of sp³-hybridized carbons (Fsp3) is 0.250. The van der Waals surface area contributed by atoms with Crippen molar-refractivity contribution in [2.24, 2.45) is 0 Å². The molecule has 0 bridgehead atoms. The second-order valence-electron chi connectivity index (χ2n) is 3.85. The lowest BCUT2D eigenvalue weighted by atomic mass is 10.2. The SMILES string of the molecule is CCOC(=O)c1c(C(F)F)nnn1-c1ccc(Cl)cc1Br. The molecule has 112 valence electrons. The molecule has 0 amide bonds. The maximum absolute atomic E-state index is 13.0. The van der Waals surface area contributed by atoms with Gasteiger partial charge in [0, 0.05) is 9.50 Å². The van der Waals surface area contributed by atoms with Crippen LogP contribution in [0.5, 0.6) is 0 Å². The highest BCUT2D eigenvalue weighted by Gasteiger charge is 2.28. The van der Waals surface area contributed by atoms with Gasteiger partial charge in [-0.15, -0.1) is 5.10 Å². The molecule has 2 aromatic rings. The molecule has 0 saturated heterocycles. The lowest BCUT2D eigenvalue weighted by Gasteiger charge is -2.09. The minimum atomic E-state index is -2.94. The summed E-state index contributed by atoms with van der Waals surface area (Å²) in [5.41, 5.74) is -0.785. The molecule has 0 aliphatic rings. The van der Waals surface area contributed by atoms with Crippen molar-refractivity contribution in [2.45, 2.75) is 13.3 Å². The van der Waals surface area contributed by atoms with Gasteiger partial charge in [0.25, 0.3) is 6.43 Å². The van der Waals surface area contributed by atoms with E-state index in [1.807, 2.05) is 0 Å². The molecule has 0 N–H and O–H groups in total. The van der Waals surface area contributed by atoms with Crippen LogP contribution in [0.2, 0.25) is 5.02 Å². The first-order valence-electron chi connectivity index (χ1n) is 5.82. The molecule has 0 aliphatic heterocycles. The van der Waals surface area contributed by atoms with Gasteiger partial charge in [0.1, 0.15) is 0 Å². The maximum Gasteiger partial charge on any atom is 0.359 e. The van der Waals surface area contributed by atoms with Crippen LogP contribution in [-0.4, -0.2) is 27.6 Å². The molecule has 0 aliphatic carbocycles. The predicted molar refractivity (Wildman–Crippen MR) is 75.0 cm³/mol. The first-order valence-corrected chi connectivity index (χ1v) is 6.99. The summed E-state index contributed by atoms with van der Waals surface area (Å²) in [5, 5.41) is 7.42. The van der Waals surface area contributed by atoms with Gasteiger partial charge >= 0.3 is 5.97 Å². The second kappa shape index (κ2) is 6.48. The van der Waals surface area contributed by atoms with Crippen molar-refractivity contribution in [1.82, 2.24) is 15.0 Å². The minimum Gasteiger partial charge on any atom is -0.461 e. The third-order valence-electron chi connectivity index (χ3n) is 2.51. The van der Waals surface area contributed by atoms with Gasteiger partial charge in [-0.05, 0) is 41.1 Å². The summed E-state index contributed by atoms with van der Waals surface area (Å²) >= 11 is 9.06. The fourth-order valence-corrected chi connectivity index (χ4v) is 2.50. The zero-order valence-corrected chi connectivity index (χ0v) is 13.0. The maximum atomic E-state index is 13.0. The van der Waals surface area contributed by atoms with E-state index in [0.29, 0.717) is 15.2 Å².